The summed E-state index contributed by atoms with van der Waals surface area (Å²) in [5, 5.41) is 9.91. The average molecular weight is 310 g/mol. The molecule has 1 N–H and O–H groups in total. The van der Waals surface area contributed by atoms with E-state index in [1.165, 1.54) is 19.1 Å². The number of ketones is 1. The minimum absolute atomic E-state index is 0.0393. The molecular formula is C16H13F3O3. The molecule has 1 atom stereocenters. The second kappa shape index (κ2) is 6.62. The van der Waals surface area contributed by atoms with Crippen LogP contribution in [0.25, 0.3) is 0 Å². The molecule has 0 heterocycles. The Balaban J connectivity index is 2.12. The first-order valence-corrected chi connectivity index (χ1v) is 6.45. The van der Waals surface area contributed by atoms with E-state index in [0.717, 1.165) is 24.3 Å². The van der Waals surface area contributed by atoms with E-state index in [4.69, 9.17) is 4.74 Å². The lowest BCUT2D eigenvalue weighted by molar-refractivity contribution is 0.0975. The van der Waals surface area contributed by atoms with Gasteiger partial charge in [-0.05, 0) is 42.8 Å². The van der Waals surface area contributed by atoms with E-state index in [9.17, 15) is 23.1 Å². The fourth-order valence-electron chi connectivity index (χ4n) is 1.89. The number of ether oxygens (including phenoxy) is 1. The average Bonchev–Trinajstić information content (AvgIpc) is 2.48. The zero-order valence-electron chi connectivity index (χ0n) is 11.6. The summed E-state index contributed by atoms with van der Waals surface area (Å²) in [5.74, 6) is -2.97. The first kappa shape index (κ1) is 16.0. The van der Waals surface area contributed by atoms with Crippen LogP contribution < -0.4 is 4.74 Å². The predicted molar refractivity (Wildman–Crippen MR) is 73.2 cm³/mol. The van der Waals surface area contributed by atoms with Crippen molar-refractivity contribution >= 4 is 5.78 Å². The lowest BCUT2D eigenvalue weighted by Gasteiger charge is -2.14. The SMILES string of the molecule is CC(=O)c1cc(F)ccc1OCC(O)c1ccc(F)c(F)c1. The van der Waals surface area contributed by atoms with Gasteiger partial charge in [0.15, 0.2) is 17.4 Å². The number of carbonyl (C=O) groups excluding carboxylic acids is 1. The van der Waals surface area contributed by atoms with Crippen molar-refractivity contribution in [2.24, 2.45) is 0 Å². The van der Waals surface area contributed by atoms with Crippen molar-refractivity contribution in [2.75, 3.05) is 6.61 Å². The molecule has 2 aromatic carbocycles. The first-order valence-electron chi connectivity index (χ1n) is 6.45. The summed E-state index contributed by atoms with van der Waals surface area (Å²) in [6.45, 7) is 0.963. The van der Waals surface area contributed by atoms with Crippen molar-refractivity contribution in [3.05, 3.63) is 65.0 Å². The highest BCUT2D eigenvalue weighted by Crippen LogP contribution is 2.23. The molecule has 2 rings (SSSR count). The van der Waals surface area contributed by atoms with Crippen molar-refractivity contribution in [1.29, 1.82) is 0 Å². The van der Waals surface area contributed by atoms with Gasteiger partial charge in [-0.2, -0.15) is 0 Å². The number of hydrogen-bond donors (Lipinski definition) is 1. The number of aliphatic hydroxyl groups excluding tert-OH is 1. The molecule has 0 aliphatic heterocycles. The van der Waals surface area contributed by atoms with Crippen LogP contribution in [-0.2, 0) is 0 Å². The molecule has 0 saturated carbocycles. The maximum absolute atomic E-state index is 13.1. The molecule has 6 heteroatoms. The molecule has 0 fully saturated rings. The molecule has 0 amide bonds. The van der Waals surface area contributed by atoms with Gasteiger partial charge in [0.25, 0.3) is 0 Å². The van der Waals surface area contributed by atoms with Crippen LogP contribution in [0.1, 0.15) is 28.9 Å². The Hall–Kier alpha value is -2.34. The highest BCUT2D eigenvalue weighted by atomic mass is 19.2. The Labute approximate surface area is 125 Å². The lowest BCUT2D eigenvalue weighted by Crippen LogP contribution is -2.12. The van der Waals surface area contributed by atoms with Gasteiger partial charge in [-0.15, -0.1) is 0 Å². The summed E-state index contributed by atoms with van der Waals surface area (Å²) in [5.41, 5.74) is 0.169. The number of aliphatic hydroxyl groups is 1. The molecule has 3 nitrogen and oxygen atoms in total. The highest BCUT2D eigenvalue weighted by molar-refractivity contribution is 5.96. The zero-order valence-corrected chi connectivity index (χ0v) is 11.6. The summed E-state index contributed by atoms with van der Waals surface area (Å²) in [7, 11) is 0. The lowest BCUT2D eigenvalue weighted by atomic mass is 10.1. The van der Waals surface area contributed by atoms with Crippen LogP contribution in [-0.4, -0.2) is 17.5 Å². The third kappa shape index (κ3) is 3.65. The summed E-state index contributed by atoms with van der Waals surface area (Å²) in [6, 6.07) is 6.40. The van der Waals surface area contributed by atoms with E-state index in [0.29, 0.717) is 0 Å². The fraction of sp³-hybridized carbons (Fsp3) is 0.188. The van der Waals surface area contributed by atoms with E-state index in [2.05, 4.69) is 0 Å². The van der Waals surface area contributed by atoms with E-state index in [1.54, 1.807) is 0 Å². The number of benzene rings is 2. The topological polar surface area (TPSA) is 46.5 Å². The normalized spacial score (nSPS) is 12.0. The van der Waals surface area contributed by atoms with Crippen molar-refractivity contribution in [1.82, 2.24) is 0 Å². The van der Waals surface area contributed by atoms with Crippen LogP contribution in [0, 0.1) is 17.5 Å². The number of hydrogen-bond acceptors (Lipinski definition) is 3. The van der Waals surface area contributed by atoms with Gasteiger partial charge in [0.2, 0.25) is 0 Å². The molecule has 0 spiro atoms. The largest absolute Gasteiger partial charge is 0.490 e. The predicted octanol–water partition coefficient (Wildman–Crippen LogP) is 3.42. The van der Waals surface area contributed by atoms with Crippen molar-refractivity contribution in [3.8, 4) is 5.75 Å². The van der Waals surface area contributed by atoms with E-state index in [1.807, 2.05) is 0 Å². The molecule has 0 aromatic heterocycles. The number of carbonyl (C=O) groups is 1. The van der Waals surface area contributed by atoms with Crippen LogP contribution in [0.15, 0.2) is 36.4 Å². The van der Waals surface area contributed by atoms with Gasteiger partial charge < -0.3 is 9.84 Å². The van der Waals surface area contributed by atoms with Gasteiger partial charge in [-0.1, -0.05) is 6.07 Å². The van der Waals surface area contributed by atoms with Crippen LogP contribution in [0.3, 0.4) is 0 Å². The zero-order chi connectivity index (χ0) is 16.3. The molecule has 2 aromatic rings. The Bertz CT molecular complexity index is 701. The van der Waals surface area contributed by atoms with E-state index < -0.39 is 29.3 Å². The smallest absolute Gasteiger partial charge is 0.163 e. The molecule has 0 aliphatic rings. The third-order valence-corrected chi connectivity index (χ3v) is 3.05. The molecule has 116 valence electrons. The van der Waals surface area contributed by atoms with Crippen LogP contribution in [0.4, 0.5) is 13.2 Å². The molecule has 0 radical (unpaired) electrons. The van der Waals surface area contributed by atoms with E-state index in [-0.39, 0.29) is 23.5 Å². The maximum atomic E-state index is 13.1. The third-order valence-electron chi connectivity index (χ3n) is 3.05. The second-order valence-electron chi connectivity index (χ2n) is 4.70. The number of Topliss-reactive ketones (excluding diaryl/α,β-unsaturated/α-hetero) is 1. The Morgan fingerprint density at radius 1 is 1.14 bits per heavy atom. The standard InChI is InChI=1S/C16H13F3O3/c1-9(20)12-7-11(17)3-5-16(12)22-8-15(21)10-2-4-13(18)14(19)6-10/h2-7,15,21H,8H2,1H3. The Morgan fingerprint density at radius 3 is 2.50 bits per heavy atom. The van der Waals surface area contributed by atoms with Gasteiger partial charge in [0.1, 0.15) is 24.3 Å². The molecular weight excluding hydrogens is 297 g/mol. The molecule has 0 saturated heterocycles. The number of halogens is 3. The van der Waals surface area contributed by atoms with Gasteiger partial charge in [0, 0.05) is 0 Å². The van der Waals surface area contributed by atoms with Crippen molar-refractivity contribution in [3.63, 3.8) is 0 Å². The first-order chi connectivity index (χ1) is 10.4. The maximum Gasteiger partial charge on any atom is 0.163 e. The van der Waals surface area contributed by atoms with Crippen molar-refractivity contribution in [2.45, 2.75) is 13.0 Å². The monoisotopic (exact) mass is 310 g/mol. The van der Waals surface area contributed by atoms with Gasteiger partial charge in [-0.25, -0.2) is 13.2 Å². The van der Waals surface area contributed by atoms with Crippen molar-refractivity contribution < 1.29 is 27.8 Å². The molecule has 0 bridgehead atoms. The van der Waals surface area contributed by atoms with Crippen LogP contribution >= 0.6 is 0 Å². The van der Waals surface area contributed by atoms with Gasteiger partial charge in [0.05, 0.1) is 5.56 Å². The van der Waals surface area contributed by atoms with Gasteiger partial charge >= 0.3 is 0 Å². The Morgan fingerprint density at radius 2 is 1.86 bits per heavy atom. The summed E-state index contributed by atoms with van der Waals surface area (Å²) >= 11 is 0. The minimum atomic E-state index is -1.22. The molecule has 0 aliphatic carbocycles. The second-order valence-corrected chi connectivity index (χ2v) is 4.70. The van der Waals surface area contributed by atoms with E-state index >= 15 is 0 Å². The quantitative estimate of drug-likeness (QED) is 0.861. The van der Waals surface area contributed by atoms with Crippen LogP contribution in [0.5, 0.6) is 5.75 Å². The fourth-order valence-corrected chi connectivity index (χ4v) is 1.89. The molecule has 22 heavy (non-hydrogen) atoms. The summed E-state index contributed by atoms with van der Waals surface area (Å²) in [4.78, 5) is 11.4. The highest BCUT2D eigenvalue weighted by Gasteiger charge is 2.15. The Kier molecular flexibility index (Phi) is 4.82. The minimum Gasteiger partial charge on any atom is -0.490 e. The van der Waals surface area contributed by atoms with Crippen LogP contribution in [0.2, 0.25) is 0 Å². The summed E-state index contributed by atoms with van der Waals surface area (Å²) in [6.07, 6.45) is -1.22. The van der Waals surface area contributed by atoms with Gasteiger partial charge in [-0.3, -0.25) is 4.79 Å². The number of rotatable bonds is 5. The summed E-state index contributed by atoms with van der Waals surface area (Å²) < 4.78 is 44.3. The molecule has 1 unspecified atom stereocenters.